The number of nitrogens with one attached hydrogen (secondary N) is 2. The van der Waals surface area contributed by atoms with Gasteiger partial charge in [0.15, 0.2) is 0 Å². The Labute approximate surface area is 176 Å². The third kappa shape index (κ3) is 4.43. The van der Waals surface area contributed by atoms with E-state index in [4.69, 9.17) is 28.0 Å². The van der Waals surface area contributed by atoms with Crippen LogP contribution in [0.3, 0.4) is 0 Å². The van der Waals surface area contributed by atoms with Gasteiger partial charge in [-0.05, 0) is 48.0 Å². The van der Waals surface area contributed by atoms with Crippen molar-refractivity contribution in [3.05, 3.63) is 64.9 Å². The molecule has 0 spiro atoms. The monoisotopic (exact) mass is 431 g/mol. The molecule has 6 N–H and O–H groups in total. The summed E-state index contributed by atoms with van der Waals surface area (Å²) in [6.07, 6.45) is 0. The Hall–Kier alpha value is -3.40. The van der Waals surface area contributed by atoms with Crippen molar-refractivity contribution < 1.29 is 18.7 Å². The maximum absolute atomic E-state index is 13.4. The van der Waals surface area contributed by atoms with Crippen LogP contribution in [0.5, 0.6) is 5.75 Å². The van der Waals surface area contributed by atoms with Gasteiger partial charge < -0.3 is 10.1 Å². The van der Waals surface area contributed by atoms with Crippen molar-refractivity contribution in [1.29, 1.82) is 0 Å². The predicted octanol–water partition coefficient (Wildman–Crippen LogP) is 3.55. The van der Waals surface area contributed by atoms with Crippen molar-refractivity contribution in [1.82, 2.24) is 5.43 Å². The first-order chi connectivity index (χ1) is 14.3. The Kier molecular flexibility index (Phi) is 6.36. The fraction of sp³-hybridized carbons (Fsp3) is 0.100. The molecule has 10 heteroatoms. The number of amides is 3. The van der Waals surface area contributed by atoms with E-state index in [9.17, 15) is 14.0 Å². The first-order valence-electron chi connectivity index (χ1n) is 8.86. The molecule has 3 amide bonds. The number of nitrogens with two attached hydrogens (primary N) is 2. The summed E-state index contributed by atoms with van der Waals surface area (Å²) in [5.74, 6) is 10.4. The SMILES string of the molecule is CCOc1cc(NC(=O)c2ccc3cc(F)ccc3c2)c(N(N)C(=O)NN)cc1Cl. The summed E-state index contributed by atoms with van der Waals surface area (Å²) in [7, 11) is 0. The van der Waals surface area contributed by atoms with Gasteiger partial charge in [-0.3, -0.25) is 10.2 Å². The van der Waals surface area contributed by atoms with Gasteiger partial charge in [0.1, 0.15) is 11.6 Å². The van der Waals surface area contributed by atoms with Crippen molar-refractivity contribution in [2.24, 2.45) is 11.7 Å². The smallest absolute Gasteiger partial charge is 0.350 e. The van der Waals surface area contributed by atoms with Crippen molar-refractivity contribution in [3.8, 4) is 5.75 Å². The number of rotatable bonds is 5. The first kappa shape index (κ1) is 21.3. The number of fused-ring (bicyclic) bond motifs is 1. The lowest BCUT2D eigenvalue weighted by atomic mass is 10.1. The molecule has 8 nitrogen and oxygen atoms in total. The lowest BCUT2D eigenvalue weighted by Gasteiger charge is -2.21. The molecule has 0 atom stereocenters. The first-order valence-corrected chi connectivity index (χ1v) is 9.24. The van der Waals surface area contributed by atoms with E-state index in [1.165, 1.54) is 24.3 Å². The molecule has 0 bridgehead atoms. The van der Waals surface area contributed by atoms with E-state index in [0.29, 0.717) is 33.7 Å². The molecule has 3 rings (SSSR count). The fourth-order valence-electron chi connectivity index (χ4n) is 2.84. The van der Waals surface area contributed by atoms with Gasteiger partial charge in [-0.25, -0.2) is 25.9 Å². The molecule has 156 valence electrons. The average molecular weight is 432 g/mol. The highest BCUT2D eigenvalue weighted by atomic mass is 35.5. The molecule has 30 heavy (non-hydrogen) atoms. The summed E-state index contributed by atoms with van der Waals surface area (Å²) in [6.45, 7) is 2.11. The Bertz CT molecular complexity index is 1130. The van der Waals surface area contributed by atoms with Gasteiger partial charge in [0.25, 0.3) is 5.91 Å². The van der Waals surface area contributed by atoms with E-state index < -0.39 is 11.9 Å². The summed E-state index contributed by atoms with van der Waals surface area (Å²) < 4.78 is 18.8. The van der Waals surface area contributed by atoms with E-state index in [1.807, 2.05) is 5.43 Å². The van der Waals surface area contributed by atoms with Crippen LogP contribution in [0.25, 0.3) is 10.8 Å². The van der Waals surface area contributed by atoms with Gasteiger partial charge in [0, 0.05) is 11.6 Å². The normalized spacial score (nSPS) is 10.6. The summed E-state index contributed by atoms with van der Waals surface area (Å²) in [4.78, 5) is 24.7. The Morgan fingerprint density at radius 2 is 1.83 bits per heavy atom. The predicted molar refractivity (Wildman–Crippen MR) is 114 cm³/mol. The maximum Gasteiger partial charge on any atom is 0.350 e. The molecule has 0 unspecified atom stereocenters. The number of benzene rings is 3. The number of urea groups is 1. The topological polar surface area (TPSA) is 123 Å². The van der Waals surface area contributed by atoms with Crippen LogP contribution in [0.4, 0.5) is 20.6 Å². The van der Waals surface area contributed by atoms with E-state index in [2.05, 4.69) is 5.32 Å². The Morgan fingerprint density at radius 1 is 1.13 bits per heavy atom. The average Bonchev–Trinajstić information content (AvgIpc) is 2.74. The standard InChI is InChI=1S/C20H19ClFN5O3/c1-2-30-18-10-16(17(9-15(18)21)27(24)20(29)26-23)25-19(28)13-4-3-12-8-14(22)6-5-11(12)7-13/h3-10H,2,23-24H2,1H3,(H,25,28)(H,26,29). The minimum absolute atomic E-state index is 0.0996. The van der Waals surface area contributed by atoms with Gasteiger partial charge in [-0.1, -0.05) is 23.7 Å². The lowest BCUT2D eigenvalue weighted by Crippen LogP contribution is -2.48. The molecule has 0 saturated heterocycles. The van der Waals surface area contributed by atoms with Crippen LogP contribution in [0.15, 0.2) is 48.5 Å². The molecule has 0 aromatic heterocycles. The highest BCUT2D eigenvalue weighted by molar-refractivity contribution is 6.32. The zero-order chi connectivity index (χ0) is 21.8. The number of carbonyl (C=O) groups excluding carboxylic acids is 2. The molecule has 0 heterocycles. The second-order valence-electron chi connectivity index (χ2n) is 6.21. The number of hydrogen-bond donors (Lipinski definition) is 4. The highest BCUT2D eigenvalue weighted by Crippen LogP contribution is 2.36. The van der Waals surface area contributed by atoms with E-state index in [1.54, 1.807) is 31.2 Å². The van der Waals surface area contributed by atoms with Gasteiger partial charge >= 0.3 is 6.03 Å². The zero-order valence-electron chi connectivity index (χ0n) is 15.9. The number of nitrogens with zero attached hydrogens (tertiary/aromatic N) is 1. The summed E-state index contributed by atoms with van der Waals surface area (Å²) in [5, 5.41) is 4.95. The maximum atomic E-state index is 13.4. The van der Waals surface area contributed by atoms with Crippen LogP contribution < -0.4 is 32.2 Å². The minimum atomic E-state index is -0.821. The second-order valence-corrected chi connectivity index (χ2v) is 6.62. The van der Waals surface area contributed by atoms with E-state index in [0.717, 1.165) is 0 Å². The third-order valence-corrected chi connectivity index (χ3v) is 4.56. The van der Waals surface area contributed by atoms with Gasteiger partial charge in [0.05, 0.1) is 23.0 Å². The molecule has 0 saturated carbocycles. The molecule has 0 aliphatic carbocycles. The summed E-state index contributed by atoms with van der Waals surface area (Å²) in [6, 6.07) is 11.1. The molecule has 3 aromatic carbocycles. The third-order valence-electron chi connectivity index (χ3n) is 4.26. The molecule has 3 aromatic rings. The molecule has 0 fully saturated rings. The van der Waals surface area contributed by atoms with E-state index in [-0.39, 0.29) is 22.2 Å². The largest absolute Gasteiger partial charge is 0.492 e. The molecular formula is C20H19ClFN5O3. The van der Waals surface area contributed by atoms with Crippen molar-refractivity contribution in [2.45, 2.75) is 6.92 Å². The number of carbonyl (C=O) groups is 2. The van der Waals surface area contributed by atoms with Gasteiger partial charge in [0.2, 0.25) is 0 Å². The summed E-state index contributed by atoms with van der Waals surface area (Å²) in [5.41, 5.74) is 2.50. The number of hydrogen-bond acceptors (Lipinski definition) is 5. The number of halogens is 2. The zero-order valence-corrected chi connectivity index (χ0v) is 16.7. The lowest BCUT2D eigenvalue weighted by molar-refractivity contribution is 0.102. The number of ether oxygens (including phenoxy) is 1. The van der Waals surface area contributed by atoms with Crippen LogP contribution >= 0.6 is 11.6 Å². The van der Waals surface area contributed by atoms with Gasteiger partial charge in [-0.2, -0.15) is 0 Å². The molecule has 0 aliphatic heterocycles. The van der Waals surface area contributed by atoms with Crippen molar-refractivity contribution in [2.75, 3.05) is 16.9 Å². The molecule has 0 radical (unpaired) electrons. The number of anilines is 2. The quantitative estimate of drug-likeness (QED) is 0.279. The van der Waals surface area contributed by atoms with Crippen molar-refractivity contribution in [3.63, 3.8) is 0 Å². The fourth-order valence-corrected chi connectivity index (χ4v) is 3.05. The second kappa shape index (κ2) is 8.95. The van der Waals surface area contributed by atoms with Crippen LogP contribution in [0.1, 0.15) is 17.3 Å². The van der Waals surface area contributed by atoms with Crippen LogP contribution in [-0.2, 0) is 0 Å². The molecular weight excluding hydrogens is 413 g/mol. The molecule has 0 aliphatic rings. The van der Waals surface area contributed by atoms with E-state index >= 15 is 0 Å². The highest BCUT2D eigenvalue weighted by Gasteiger charge is 2.20. The van der Waals surface area contributed by atoms with Crippen LogP contribution in [0, 0.1) is 5.82 Å². The van der Waals surface area contributed by atoms with Crippen LogP contribution in [0.2, 0.25) is 5.02 Å². The van der Waals surface area contributed by atoms with Crippen LogP contribution in [-0.4, -0.2) is 18.5 Å². The Morgan fingerprint density at radius 3 is 2.53 bits per heavy atom. The van der Waals surface area contributed by atoms with Gasteiger partial charge in [-0.15, -0.1) is 0 Å². The minimum Gasteiger partial charge on any atom is -0.492 e. The Balaban J connectivity index is 1.99. The van der Waals surface area contributed by atoms with Crippen molar-refractivity contribution >= 4 is 45.7 Å². The number of hydrazine groups is 2. The summed E-state index contributed by atoms with van der Waals surface area (Å²) >= 11 is 6.19.